The fourth-order valence-electron chi connectivity index (χ4n) is 4.39. The summed E-state index contributed by atoms with van der Waals surface area (Å²) < 4.78 is 5.36. The fourth-order valence-corrected chi connectivity index (χ4v) is 4.39. The van der Waals surface area contributed by atoms with E-state index in [0.717, 1.165) is 38.9 Å². The van der Waals surface area contributed by atoms with Crippen LogP contribution in [0, 0.1) is 0 Å². The number of amides is 1. The van der Waals surface area contributed by atoms with Crippen LogP contribution in [0.25, 0.3) is 10.9 Å². The smallest absolute Gasteiger partial charge is 0.254 e. The van der Waals surface area contributed by atoms with E-state index in [1.807, 2.05) is 11.0 Å². The van der Waals surface area contributed by atoms with Crippen LogP contribution in [0.15, 0.2) is 59.4 Å². The predicted molar refractivity (Wildman–Crippen MR) is 137 cm³/mol. The molecule has 0 bridgehead atoms. The molecule has 1 amide bonds. The molecule has 1 fully saturated rings. The number of aromatic amines is 1. The van der Waals surface area contributed by atoms with Gasteiger partial charge < -0.3 is 19.5 Å². The molecule has 0 aliphatic carbocycles. The number of piperidine rings is 1. The third-order valence-corrected chi connectivity index (χ3v) is 6.28. The summed E-state index contributed by atoms with van der Waals surface area (Å²) >= 11 is 0. The second-order valence-electron chi connectivity index (χ2n) is 8.17. The van der Waals surface area contributed by atoms with Crippen molar-refractivity contribution in [1.29, 1.82) is 0 Å². The lowest BCUT2D eigenvalue weighted by atomic mass is 10.0. The number of pyridine rings is 1. The first-order valence-electron chi connectivity index (χ1n) is 10.8. The van der Waals surface area contributed by atoms with Crippen LogP contribution in [0.4, 0.5) is 0 Å². The molecule has 4 rings (SSSR count). The number of aromatic nitrogens is 1. The van der Waals surface area contributed by atoms with Crippen molar-refractivity contribution in [3.8, 4) is 5.75 Å². The van der Waals surface area contributed by atoms with Gasteiger partial charge in [0.2, 0.25) is 5.56 Å². The Kier molecular flexibility index (Phi) is 9.77. The lowest BCUT2D eigenvalue weighted by Gasteiger charge is -2.37. The highest BCUT2D eigenvalue weighted by Gasteiger charge is 2.27. The molecular weight excluding hydrogens is 461 g/mol. The Morgan fingerprint density at radius 3 is 2.42 bits per heavy atom. The van der Waals surface area contributed by atoms with E-state index in [1.54, 1.807) is 25.3 Å². The minimum absolute atomic E-state index is 0. The summed E-state index contributed by atoms with van der Waals surface area (Å²) in [6.45, 7) is 2.48. The zero-order valence-electron chi connectivity index (χ0n) is 19.0. The van der Waals surface area contributed by atoms with Crippen molar-refractivity contribution in [3.05, 3.63) is 76.1 Å². The second-order valence-corrected chi connectivity index (χ2v) is 8.17. The van der Waals surface area contributed by atoms with Crippen molar-refractivity contribution >= 4 is 41.6 Å². The van der Waals surface area contributed by atoms with E-state index < -0.39 is 0 Å². The zero-order chi connectivity index (χ0) is 21.8. The number of halogens is 2. The highest BCUT2D eigenvalue weighted by molar-refractivity contribution is 6.07. The van der Waals surface area contributed by atoms with Crippen LogP contribution in [-0.2, 0) is 6.42 Å². The number of likely N-dealkylation sites (N-methyl/N-ethyl adjacent to an activating group) is 1. The number of methoxy groups -OCH3 is 1. The van der Waals surface area contributed by atoms with Crippen molar-refractivity contribution < 1.29 is 9.53 Å². The molecule has 0 spiro atoms. The summed E-state index contributed by atoms with van der Waals surface area (Å²) in [7, 11) is 3.74. The molecule has 1 aromatic heterocycles. The standard InChI is InChI=1S/C25H29N3O3.2ClH/c1-27(15-12-18-6-4-3-5-7-18)19-13-16-28(17-14-19)25(30)21-8-10-22(31-2)24-20(21)9-11-23(29)26-24;;/h3-11,19H,12-17H2,1-2H3,(H,26,29);2*1H. The molecule has 8 heteroatoms. The molecule has 1 N–H and O–H groups in total. The molecule has 2 aromatic carbocycles. The lowest BCUT2D eigenvalue weighted by Crippen LogP contribution is -2.46. The quantitative estimate of drug-likeness (QED) is 0.562. The summed E-state index contributed by atoms with van der Waals surface area (Å²) in [5.41, 5.74) is 2.31. The van der Waals surface area contributed by atoms with Crippen molar-refractivity contribution in [3.63, 3.8) is 0 Å². The van der Waals surface area contributed by atoms with E-state index >= 15 is 0 Å². The van der Waals surface area contributed by atoms with E-state index in [0.29, 0.717) is 28.3 Å². The molecule has 2 heterocycles. The molecular formula is C25H31Cl2N3O3. The first kappa shape index (κ1) is 26.7. The first-order valence-corrected chi connectivity index (χ1v) is 10.8. The summed E-state index contributed by atoms with van der Waals surface area (Å²) in [4.78, 5) is 32.2. The second kappa shape index (κ2) is 12.1. The molecule has 33 heavy (non-hydrogen) atoms. The minimum atomic E-state index is -0.213. The maximum absolute atomic E-state index is 13.3. The van der Waals surface area contributed by atoms with E-state index in [2.05, 4.69) is 41.2 Å². The molecule has 0 saturated carbocycles. The number of carbonyl (C=O) groups is 1. The Labute approximate surface area is 206 Å². The largest absolute Gasteiger partial charge is 0.495 e. The van der Waals surface area contributed by atoms with E-state index in [4.69, 9.17) is 4.74 Å². The number of hydrogen-bond donors (Lipinski definition) is 1. The zero-order valence-corrected chi connectivity index (χ0v) is 20.6. The Morgan fingerprint density at radius 2 is 1.76 bits per heavy atom. The number of ether oxygens (including phenoxy) is 1. The molecule has 0 unspecified atom stereocenters. The number of benzene rings is 2. The normalized spacial score (nSPS) is 14.0. The SMILES string of the molecule is COc1ccc(C(=O)N2CCC(N(C)CCc3ccccc3)CC2)c2ccc(=O)[nH]c12.Cl.Cl. The number of nitrogens with one attached hydrogen (secondary N) is 1. The van der Waals surface area contributed by atoms with Gasteiger partial charge >= 0.3 is 0 Å². The molecule has 0 radical (unpaired) electrons. The van der Waals surface area contributed by atoms with E-state index in [1.165, 1.54) is 11.6 Å². The van der Waals surface area contributed by atoms with Gasteiger partial charge in [0.1, 0.15) is 5.75 Å². The molecule has 0 atom stereocenters. The van der Waals surface area contributed by atoms with Crippen molar-refractivity contribution in [2.75, 3.05) is 33.8 Å². The summed E-state index contributed by atoms with van der Waals surface area (Å²) in [6.07, 6.45) is 2.95. The molecule has 3 aromatic rings. The first-order chi connectivity index (χ1) is 15.1. The van der Waals surface area contributed by atoms with Gasteiger partial charge in [0, 0.05) is 42.7 Å². The number of hydrogen-bond acceptors (Lipinski definition) is 4. The third kappa shape index (κ3) is 6.08. The molecule has 1 aliphatic rings. The van der Waals surface area contributed by atoms with Crippen LogP contribution < -0.4 is 10.3 Å². The Morgan fingerprint density at radius 1 is 1.06 bits per heavy atom. The van der Waals surface area contributed by atoms with Gasteiger partial charge in [-0.3, -0.25) is 9.59 Å². The van der Waals surface area contributed by atoms with Crippen molar-refractivity contribution in [2.24, 2.45) is 0 Å². The number of fused-ring (bicyclic) bond motifs is 1. The maximum Gasteiger partial charge on any atom is 0.254 e. The van der Waals surface area contributed by atoms with Gasteiger partial charge in [-0.2, -0.15) is 0 Å². The average Bonchev–Trinajstić information content (AvgIpc) is 2.82. The van der Waals surface area contributed by atoms with Gasteiger partial charge in [0.25, 0.3) is 5.91 Å². The number of rotatable bonds is 6. The van der Waals surface area contributed by atoms with Gasteiger partial charge in [-0.15, -0.1) is 24.8 Å². The summed E-state index contributed by atoms with van der Waals surface area (Å²) in [5.74, 6) is 0.563. The van der Waals surface area contributed by atoms with Crippen LogP contribution in [0.5, 0.6) is 5.75 Å². The highest BCUT2D eigenvalue weighted by atomic mass is 35.5. The Balaban J connectivity index is 0.00000193. The monoisotopic (exact) mass is 491 g/mol. The molecule has 6 nitrogen and oxygen atoms in total. The lowest BCUT2D eigenvalue weighted by molar-refractivity contribution is 0.0649. The van der Waals surface area contributed by atoms with Crippen LogP contribution >= 0.6 is 24.8 Å². The van der Waals surface area contributed by atoms with Crippen LogP contribution in [-0.4, -0.2) is 60.5 Å². The van der Waals surface area contributed by atoms with Crippen molar-refractivity contribution in [1.82, 2.24) is 14.8 Å². The third-order valence-electron chi connectivity index (χ3n) is 6.28. The molecule has 178 valence electrons. The number of nitrogens with zero attached hydrogens (tertiary/aromatic N) is 2. The van der Waals surface area contributed by atoms with Gasteiger partial charge in [0.15, 0.2) is 0 Å². The number of likely N-dealkylation sites (tertiary alicyclic amines) is 1. The van der Waals surface area contributed by atoms with E-state index in [9.17, 15) is 9.59 Å². The van der Waals surface area contributed by atoms with Crippen LogP contribution in [0.2, 0.25) is 0 Å². The van der Waals surface area contributed by atoms with Gasteiger partial charge in [-0.1, -0.05) is 30.3 Å². The van der Waals surface area contributed by atoms with Crippen LogP contribution in [0.3, 0.4) is 0 Å². The van der Waals surface area contributed by atoms with Crippen molar-refractivity contribution in [2.45, 2.75) is 25.3 Å². The summed E-state index contributed by atoms with van der Waals surface area (Å²) in [5, 5.41) is 0.714. The molecule has 1 saturated heterocycles. The van der Waals surface area contributed by atoms with Gasteiger partial charge in [-0.05, 0) is 50.1 Å². The van der Waals surface area contributed by atoms with Gasteiger partial charge in [0.05, 0.1) is 12.6 Å². The van der Waals surface area contributed by atoms with Crippen LogP contribution in [0.1, 0.15) is 28.8 Å². The number of H-pyrrole nitrogens is 1. The fraction of sp³-hybridized carbons (Fsp3) is 0.360. The Hall–Kier alpha value is -2.54. The maximum atomic E-state index is 13.3. The van der Waals surface area contributed by atoms with E-state index in [-0.39, 0.29) is 36.3 Å². The average molecular weight is 492 g/mol. The number of carbonyl (C=O) groups excluding carboxylic acids is 1. The topological polar surface area (TPSA) is 65.6 Å². The van der Waals surface area contributed by atoms with Gasteiger partial charge in [-0.25, -0.2) is 0 Å². The minimum Gasteiger partial charge on any atom is -0.495 e. The molecule has 1 aliphatic heterocycles. The highest BCUT2D eigenvalue weighted by Crippen LogP contribution is 2.27. The summed E-state index contributed by atoms with van der Waals surface area (Å²) in [6, 6.07) is 17.7. The predicted octanol–water partition coefficient (Wildman–Crippen LogP) is 4.16. The Bertz CT molecular complexity index is 1110.